The largest absolute Gasteiger partial charge is 0.352 e. The van der Waals surface area contributed by atoms with E-state index >= 15 is 0 Å². The zero-order chi connectivity index (χ0) is 15.9. The van der Waals surface area contributed by atoms with Gasteiger partial charge in [-0.25, -0.2) is 0 Å². The fraction of sp³-hybridized carbons (Fsp3) is 0.588. The highest BCUT2D eigenvalue weighted by Crippen LogP contribution is 2.11. The van der Waals surface area contributed by atoms with Crippen LogP contribution in [0.25, 0.3) is 0 Å². The molecule has 1 aromatic rings. The Balaban J connectivity index is 1.63. The molecule has 0 atom stereocenters. The summed E-state index contributed by atoms with van der Waals surface area (Å²) < 4.78 is 0.933. The topological polar surface area (TPSA) is 35.6 Å². The van der Waals surface area contributed by atoms with Crippen LogP contribution in [0.3, 0.4) is 0 Å². The molecule has 1 amide bonds. The second kappa shape index (κ2) is 8.65. The van der Waals surface area contributed by atoms with Crippen LogP contribution in [0.1, 0.15) is 30.6 Å². The highest BCUT2D eigenvalue weighted by molar-refractivity contribution is 9.10. The van der Waals surface area contributed by atoms with Crippen molar-refractivity contribution in [2.45, 2.75) is 26.3 Å². The Morgan fingerprint density at radius 3 is 2.64 bits per heavy atom. The molecule has 0 unspecified atom stereocenters. The summed E-state index contributed by atoms with van der Waals surface area (Å²) in [6.07, 6.45) is 1.00. The van der Waals surface area contributed by atoms with Gasteiger partial charge < -0.3 is 10.2 Å². The molecule has 122 valence electrons. The second-order valence-corrected chi connectivity index (χ2v) is 7.01. The van der Waals surface area contributed by atoms with E-state index < -0.39 is 0 Å². The lowest BCUT2D eigenvalue weighted by molar-refractivity contribution is 0.0940. The number of hydrogen-bond acceptors (Lipinski definition) is 3. The van der Waals surface area contributed by atoms with Crippen molar-refractivity contribution in [3.63, 3.8) is 0 Å². The lowest BCUT2D eigenvalue weighted by atomic mass is 10.2. The van der Waals surface area contributed by atoms with E-state index in [1.807, 2.05) is 24.3 Å². The average Bonchev–Trinajstić information content (AvgIpc) is 2.51. The molecule has 1 aromatic carbocycles. The van der Waals surface area contributed by atoms with Crippen LogP contribution in [0.4, 0.5) is 0 Å². The minimum atomic E-state index is 0.00549. The molecule has 2 rings (SSSR count). The van der Waals surface area contributed by atoms with Crippen LogP contribution in [0.5, 0.6) is 0 Å². The Bertz CT molecular complexity index is 485. The first-order valence-corrected chi connectivity index (χ1v) is 8.86. The van der Waals surface area contributed by atoms with Gasteiger partial charge in [0.15, 0.2) is 0 Å². The van der Waals surface area contributed by atoms with Gasteiger partial charge in [0.1, 0.15) is 0 Å². The Hall–Kier alpha value is -0.910. The van der Waals surface area contributed by atoms with Crippen molar-refractivity contribution >= 4 is 21.8 Å². The van der Waals surface area contributed by atoms with Gasteiger partial charge in [0.2, 0.25) is 0 Å². The highest BCUT2D eigenvalue weighted by atomic mass is 79.9. The van der Waals surface area contributed by atoms with Crippen molar-refractivity contribution in [2.24, 2.45) is 0 Å². The van der Waals surface area contributed by atoms with Crippen LogP contribution in [-0.2, 0) is 0 Å². The zero-order valence-corrected chi connectivity index (χ0v) is 15.1. The number of nitrogens with one attached hydrogen (secondary N) is 1. The summed E-state index contributed by atoms with van der Waals surface area (Å²) in [5, 5.41) is 3.00. The lowest BCUT2D eigenvalue weighted by Gasteiger charge is -2.36. The van der Waals surface area contributed by atoms with Crippen LogP contribution in [-0.4, -0.2) is 61.0 Å². The normalized spacial score (nSPS) is 16.9. The van der Waals surface area contributed by atoms with Crippen LogP contribution in [0, 0.1) is 0 Å². The van der Waals surface area contributed by atoms with Crippen molar-refractivity contribution in [2.75, 3.05) is 39.3 Å². The predicted octanol–water partition coefficient (Wildman–Crippen LogP) is 2.60. The molecule has 22 heavy (non-hydrogen) atoms. The Morgan fingerprint density at radius 1 is 1.27 bits per heavy atom. The molecule has 0 bridgehead atoms. The quantitative estimate of drug-likeness (QED) is 0.784. The van der Waals surface area contributed by atoms with E-state index in [0.29, 0.717) is 11.6 Å². The predicted molar refractivity (Wildman–Crippen MR) is 94.2 cm³/mol. The summed E-state index contributed by atoms with van der Waals surface area (Å²) in [5.41, 5.74) is 0.708. The van der Waals surface area contributed by atoms with Gasteiger partial charge in [-0.05, 0) is 45.0 Å². The fourth-order valence-electron chi connectivity index (χ4n) is 2.74. The standard InChI is InChI=1S/C17H26BrN3O/c1-14(2)21-11-9-20(10-12-21)8-4-7-19-17(22)15-5-3-6-16(18)13-15/h3,5-6,13-14H,4,7-12H2,1-2H3,(H,19,22). The van der Waals surface area contributed by atoms with Gasteiger partial charge in [-0.2, -0.15) is 0 Å². The molecule has 0 radical (unpaired) electrons. The monoisotopic (exact) mass is 367 g/mol. The SMILES string of the molecule is CC(C)N1CCN(CCCNC(=O)c2cccc(Br)c2)CC1. The number of carbonyl (C=O) groups excluding carboxylic acids is 1. The van der Waals surface area contributed by atoms with Gasteiger partial charge in [0.25, 0.3) is 5.91 Å². The maximum atomic E-state index is 12.0. The van der Waals surface area contributed by atoms with Crippen molar-refractivity contribution < 1.29 is 4.79 Å². The molecule has 4 nitrogen and oxygen atoms in total. The summed E-state index contributed by atoms with van der Waals surface area (Å²) in [7, 11) is 0. The number of amides is 1. The van der Waals surface area contributed by atoms with Crippen molar-refractivity contribution in [1.29, 1.82) is 0 Å². The number of carbonyl (C=O) groups is 1. The van der Waals surface area contributed by atoms with Crippen LogP contribution in [0.15, 0.2) is 28.7 Å². The molecule has 0 aromatic heterocycles. The highest BCUT2D eigenvalue weighted by Gasteiger charge is 2.18. The van der Waals surface area contributed by atoms with E-state index in [2.05, 4.69) is 44.9 Å². The summed E-state index contributed by atoms with van der Waals surface area (Å²) in [5.74, 6) is 0.00549. The Kier molecular flexibility index (Phi) is 6.86. The molecule has 1 heterocycles. The second-order valence-electron chi connectivity index (χ2n) is 6.09. The van der Waals surface area contributed by atoms with E-state index in [0.717, 1.165) is 50.2 Å². The average molecular weight is 368 g/mol. The molecule has 1 fully saturated rings. The number of piperazine rings is 1. The van der Waals surface area contributed by atoms with Crippen molar-refractivity contribution in [1.82, 2.24) is 15.1 Å². The first-order valence-electron chi connectivity index (χ1n) is 8.06. The van der Waals surface area contributed by atoms with Gasteiger partial charge in [-0.1, -0.05) is 22.0 Å². The van der Waals surface area contributed by atoms with E-state index in [1.54, 1.807) is 0 Å². The Labute approximate surface area is 142 Å². The van der Waals surface area contributed by atoms with Crippen LogP contribution in [0.2, 0.25) is 0 Å². The fourth-order valence-corrected chi connectivity index (χ4v) is 3.14. The summed E-state index contributed by atoms with van der Waals surface area (Å²) in [6, 6.07) is 8.14. The van der Waals surface area contributed by atoms with Gasteiger partial charge >= 0.3 is 0 Å². The van der Waals surface area contributed by atoms with Gasteiger partial charge in [0, 0.05) is 48.8 Å². The van der Waals surface area contributed by atoms with Crippen molar-refractivity contribution in [3.8, 4) is 0 Å². The van der Waals surface area contributed by atoms with Gasteiger partial charge in [0.05, 0.1) is 0 Å². The molecule has 0 aliphatic carbocycles. The number of benzene rings is 1. The number of nitrogens with zero attached hydrogens (tertiary/aromatic N) is 2. The number of rotatable bonds is 6. The minimum absolute atomic E-state index is 0.00549. The van der Waals surface area contributed by atoms with Gasteiger partial charge in [-0.3, -0.25) is 9.69 Å². The third-order valence-electron chi connectivity index (χ3n) is 4.16. The van der Waals surface area contributed by atoms with Crippen LogP contribution >= 0.6 is 15.9 Å². The van der Waals surface area contributed by atoms with E-state index in [9.17, 15) is 4.79 Å². The van der Waals surface area contributed by atoms with Crippen molar-refractivity contribution in [3.05, 3.63) is 34.3 Å². The summed E-state index contributed by atoms with van der Waals surface area (Å²) >= 11 is 3.39. The summed E-state index contributed by atoms with van der Waals surface area (Å²) in [4.78, 5) is 17.0. The molecule has 0 saturated carbocycles. The summed E-state index contributed by atoms with van der Waals surface area (Å²) in [6.45, 7) is 10.9. The van der Waals surface area contributed by atoms with E-state index in [4.69, 9.17) is 0 Å². The third kappa shape index (κ3) is 5.38. The third-order valence-corrected chi connectivity index (χ3v) is 4.65. The van der Waals surface area contributed by atoms with E-state index in [1.165, 1.54) is 0 Å². The van der Waals surface area contributed by atoms with Gasteiger partial charge in [-0.15, -0.1) is 0 Å². The first kappa shape index (κ1) is 17.4. The maximum absolute atomic E-state index is 12.0. The van der Waals surface area contributed by atoms with Crippen LogP contribution < -0.4 is 5.32 Å². The molecular weight excluding hydrogens is 342 g/mol. The Morgan fingerprint density at radius 2 is 2.00 bits per heavy atom. The number of hydrogen-bond donors (Lipinski definition) is 1. The molecular formula is C17H26BrN3O. The molecule has 1 N–H and O–H groups in total. The smallest absolute Gasteiger partial charge is 0.251 e. The van der Waals surface area contributed by atoms with E-state index in [-0.39, 0.29) is 5.91 Å². The molecule has 1 aliphatic rings. The molecule has 1 saturated heterocycles. The molecule has 0 spiro atoms. The number of halogens is 1. The molecule has 5 heteroatoms. The zero-order valence-electron chi connectivity index (χ0n) is 13.5. The lowest BCUT2D eigenvalue weighted by Crippen LogP contribution is -2.49. The minimum Gasteiger partial charge on any atom is -0.352 e. The maximum Gasteiger partial charge on any atom is 0.251 e. The molecule has 1 aliphatic heterocycles. The first-order chi connectivity index (χ1) is 10.6.